The van der Waals surface area contributed by atoms with Gasteiger partial charge in [0.15, 0.2) is 0 Å². The van der Waals surface area contributed by atoms with Crippen molar-refractivity contribution in [3.8, 4) is 0 Å². The SMILES string of the molecule is C=CCCNS(=O)(=O)c1cc(C(=O)O)n(C)c1. The van der Waals surface area contributed by atoms with Crippen LogP contribution in [-0.4, -0.2) is 30.6 Å². The Hall–Kier alpha value is -1.60. The highest BCUT2D eigenvalue weighted by atomic mass is 32.2. The zero-order valence-electron chi connectivity index (χ0n) is 9.38. The van der Waals surface area contributed by atoms with E-state index in [2.05, 4.69) is 11.3 Å². The Morgan fingerprint density at radius 2 is 2.29 bits per heavy atom. The minimum Gasteiger partial charge on any atom is -0.477 e. The molecule has 0 unspecified atom stereocenters. The summed E-state index contributed by atoms with van der Waals surface area (Å²) < 4.78 is 27.1. The molecule has 0 atom stereocenters. The lowest BCUT2D eigenvalue weighted by atomic mass is 10.4. The molecule has 0 saturated carbocycles. The zero-order chi connectivity index (χ0) is 13.1. The fraction of sp³-hybridized carbons (Fsp3) is 0.300. The molecule has 0 aliphatic rings. The third kappa shape index (κ3) is 3.18. The van der Waals surface area contributed by atoms with E-state index in [0.29, 0.717) is 6.42 Å². The van der Waals surface area contributed by atoms with Crippen molar-refractivity contribution in [1.29, 1.82) is 0 Å². The summed E-state index contributed by atoms with van der Waals surface area (Å²) in [6, 6.07) is 1.12. The smallest absolute Gasteiger partial charge is 0.352 e. The van der Waals surface area contributed by atoms with E-state index in [1.165, 1.54) is 17.8 Å². The summed E-state index contributed by atoms with van der Waals surface area (Å²) in [6.07, 6.45) is 3.37. The largest absolute Gasteiger partial charge is 0.477 e. The molecule has 0 aliphatic heterocycles. The van der Waals surface area contributed by atoms with Gasteiger partial charge >= 0.3 is 5.97 Å². The first kappa shape index (κ1) is 13.5. The molecule has 0 aromatic carbocycles. The summed E-state index contributed by atoms with van der Waals surface area (Å²) in [4.78, 5) is 10.7. The molecule has 1 heterocycles. The molecule has 7 heteroatoms. The Balaban J connectivity index is 2.96. The van der Waals surface area contributed by atoms with Crippen molar-refractivity contribution < 1.29 is 18.3 Å². The van der Waals surface area contributed by atoms with Gasteiger partial charge in [0.05, 0.1) is 0 Å². The molecule has 6 nitrogen and oxygen atoms in total. The van der Waals surface area contributed by atoms with E-state index < -0.39 is 16.0 Å². The van der Waals surface area contributed by atoms with Crippen LogP contribution in [-0.2, 0) is 17.1 Å². The van der Waals surface area contributed by atoms with Gasteiger partial charge in [-0.3, -0.25) is 0 Å². The summed E-state index contributed by atoms with van der Waals surface area (Å²) in [7, 11) is -2.17. The number of sulfonamides is 1. The third-order valence-corrected chi connectivity index (χ3v) is 3.58. The fourth-order valence-electron chi connectivity index (χ4n) is 1.27. The van der Waals surface area contributed by atoms with Gasteiger partial charge in [-0.05, 0) is 12.5 Å². The van der Waals surface area contributed by atoms with E-state index in [4.69, 9.17) is 5.11 Å². The highest BCUT2D eigenvalue weighted by Crippen LogP contribution is 2.13. The summed E-state index contributed by atoms with van der Waals surface area (Å²) >= 11 is 0. The van der Waals surface area contributed by atoms with E-state index >= 15 is 0 Å². The first-order valence-corrected chi connectivity index (χ1v) is 6.37. The first-order valence-electron chi connectivity index (χ1n) is 4.88. The Kier molecular flexibility index (Phi) is 4.08. The van der Waals surface area contributed by atoms with Gasteiger partial charge in [-0.2, -0.15) is 0 Å². The number of carboxylic acids is 1. The molecule has 0 amide bonds. The Morgan fingerprint density at radius 1 is 1.65 bits per heavy atom. The number of carbonyl (C=O) groups is 1. The van der Waals surface area contributed by atoms with Crippen LogP contribution < -0.4 is 4.72 Å². The topological polar surface area (TPSA) is 88.4 Å². The van der Waals surface area contributed by atoms with Crippen molar-refractivity contribution in [2.75, 3.05) is 6.54 Å². The lowest BCUT2D eigenvalue weighted by molar-refractivity contribution is 0.0686. The minimum absolute atomic E-state index is 0.0542. The second-order valence-corrected chi connectivity index (χ2v) is 5.22. The van der Waals surface area contributed by atoms with Crippen molar-refractivity contribution in [1.82, 2.24) is 9.29 Å². The van der Waals surface area contributed by atoms with Gasteiger partial charge in [-0.15, -0.1) is 6.58 Å². The average molecular weight is 258 g/mol. The molecular formula is C10H14N2O4S. The quantitative estimate of drug-likeness (QED) is 0.577. The average Bonchev–Trinajstić information content (AvgIpc) is 2.61. The van der Waals surface area contributed by atoms with Crippen molar-refractivity contribution in [2.45, 2.75) is 11.3 Å². The van der Waals surface area contributed by atoms with Gasteiger partial charge < -0.3 is 9.67 Å². The third-order valence-electron chi connectivity index (χ3n) is 2.15. The van der Waals surface area contributed by atoms with E-state index in [-0.39, 0.29) is 17.1 Å². The molecule has 0 spiro atoms. The van der Waals surface area contributed by atoms with Crippen LogP contribution in [0.15, 0.2) is 29.8 Å². The number of aromatic carboxylic acids is 1. The van der Waals surface area contributed by atoms with Crippen LogP contribution in [0.4, 0.5) is 0 Å². The monoisotopic (exact) mass is 258 g/mol. The number of hydrogen-bond donors (Lipinski definition) is 2. The van der Waals surface area contributed by atoms with Gasteiger partial charge in [-0.25, -0.2) is 17.9 Å². The maximum Gasteiger partial charge on any atom is 0.352 e. The molecular weight excluding hydrogens is 244 g/mol. The highest BCUT2D eigenvalue weighted by Gasteiger charge is 2.19. The molecule has 0 fully saturated rings. The second kappa shape index (κ2) is 5.15. The van der Waals surface area contributed by atoms with Crippen molar-refractivity contribution >= 4 is 16.0 Å². The summed E-state index contributed by atoms with van der Waals surface area (Å²) in [5.41, 5.74) is -0.0749. The Bertz CT molecular complexity index is 531. The molecule has 17 heavy (non-hydrogen) atoms. The molecule has 2 N–H and O–H groups in total. The van der Waals surface area contributed by atoms with Gasteiger partial charge in [0.25, 0.3) is 0 Å². The van der Waals surface area contributed by atoms with E-state index in [1.54, 1.807) is 6.08 Å². The molecule has 1 aromatic rings. The zero-order valence-corrected chi connectivity index (χ0v) is 10.2. The van der Waals surface area contributed by atoms with E-state index in [0.717, 1.165) is 6.07 Å². The van der Waals surface area contributed by atoms with Gasteiger partial charge in [0, 0.05) is 19.8 Å². The maximum absolute atomic E-state index is 11.7. The van der Waals surface area contributed by atoms with Crippen molar-refractivity contribution in [2.24, 2.45) is 7.05 Å². The van der Waals surface area contributed by atoms with Gasteiger partial charge in [0.2, 0.25) is 10.0 Å². The highest BCUT2D eigenvalue weighted by molar-refractivity contribution is 7.89. The van der Waals surface area contributed by atoms with Crippen molar-refractivity contribution in [3.05, 3.63) is 30.6 Å². The number of nitrogens with zero attached hydrogens (tertiary/aromatic N) is 1. The van der Waals surface area contributed by atoms with Crippen LogP contribution in [0.1, 0.15) is 16.9 Å². The van der Waals surface area contributed by atoms with Crippen LogP contribution in [0.5, 0.6) is 0 Å². The lowest BCUT2D eigenvalue weighted by Gasteiger charge is -2.02. The normalized spacial score (nSPS) is 11.4. The predicted molar refractivity (Wildman–Crippen MR) is 62.4 cm³/mol. The van der Waals surface area contributed by atoms with Gasteiger partial charge in [0.1, 0.15) is 10.6 Å². The minimum atomic E-state index is -3.65. The molecule has 1 rings (SSSR count). The van der Waals surface area contributed by atoms with Crippen molar-refractivity contribution in [3.63, 3.8) is 0 Å². The number of nitrogens with one attached hydrogen (secondary N) is 1. The molecule has 1 aromatic heterocycles. The lowest BCUT2D eigenvalue weighted by Crippen LogP contribution is -2.24. The first-order chi connectivity index (χ1) is 7.88. The van der Waals surface area contributed by atoms with Crippen LogP contribution in [0.3, 0.4) is 0 Å². The molecule has 0 bridgehead atoms. The number of rotatable bonds is 6. The standard InChI is InChI=1S/C10H14N2O4S/c1-3-4-5-11-17(15,16)8-6-9(10(13)14)12(2)7-8/h3,6-7,11H,1,4-5H2,2H3,(H,13,14). The fourth-order valence-corrected chi connectivity index (χ4v) is 2.39. The predicted octanol–water partition coefficient (Wildman–Crippen LogP) is 0.578. The molecule has 0 radical (unpaired) electrons. The van der Waals surface area contributed by atoms with Crippen LogP contribution in [0, 0.1) is 0 Å². The maximum atomic E-state index is 11.7. The van der Waals surface area contributed by atoms with E-state index in [9.17, 15) is 13.2 Å². The summed E-state index contributed by atoms with van der Waals surface area (Å²) in [5, 5.41) is 8.81. The number of aromatic nitrogens is 1. The second-order valence-electron chi connectivity index (χ2n) is 3.45. The van der Waals surface area contributed by atoms with Crippen LogP contribution in [0.2, 0.25) is 0 Å². The molecule has 0 aliphatic carbocycles. The number of carboxylic acid groups (broad SMARTS) is 1. The molecule has 94 valence electrons. The number of hydrogen-bond acceptors (Lipinski definition) is 3. The Morgan fingerprint density at radius 3 is 2.76 bits per heavy atom. The summed E-state index contributed by atoms with van der Waals surface area (Å²) in [5.74, 6) is -1.17. The van der Waals surface area contributed by atoms with Crippen LogP contribution in [0.25, 0.3) is 0 Å². The van der Waals surface area contributed by atoms with E-state index in [1.807, 2.05) is 0 Å². The van der Waals surface area contributed by atoms with Crippen LogP contribution >= 0.6 is 0 Å². The number of aryl methyl sites for hydroxylation is 1. The Labute approximate surface area is 99.6 Å². The van der Waals surface area contributed by atoms with Gasteiger partial charge in [-0.1, -0.05) is 6.08 Å². The molecule has 0 saturated heterocycles. The summed E-state index contributed by atoms with van der Waals surface area (Å²) in [6.45, 7) is 3.72.